The van der Waals surface area contributed by atoms with Gasteiger partial charge in [-0.25, -0.2) is 0 Å². The summed E-state index contributed by atoms with van der Waals surface area (Å²) in [5, 5.41) is -0.453. The second-order valence-corrected chi connectivity index (χ2v) is 2.28. The van der Waals surface area contributed by atoms with Gasteiger partial charge in [0.2, 0.25) is 0 Å². The summed E-state index contributed by atoms with van der Waals surface area (Å²) in [5.74, 6) is 0. The molecule has 0 bridgehead atoms. The molecule has 54 valence electrons. The molecule has 1 heterocycles. The molecule has 0 aliphatic heterocycles. The maximum Gasteiger partial charge on any atom is 0.255 e. The summed E-state index contributed by atoms with van der Waals surface area (Å²) in [6.45, 7) is 1.94. The number of hydrogen-bond acceptors (Lipinski definition) is 2. The summed E-state index contributed by atoms with van der Waals surface area (Å²) in [5.41, 5.74) is 1.34. The van der Waals surface area contributed by atoms with E-state index in [4.69, 9.17) is 16.0 Å². The molecule has 0 saturated heterocycles. The van der Waals surface area contributed by atoms with E-state index in [1.807, 2.05) is 6.92 Å². The highest BCUT2D eigenvalue weighted by molar-refractivity contribution is 6.67. The molecule has 3 heteroatoms. The van der Waals surface area contributed by atoms with E-state index >= 15 is 0 Å². The molecule has 0 unspecified atom stereocenters. The largest absolute Gasteiger partial charge is 0.472 e. The summed E-state index contributed by atoms with van der Waals surface area (Å²) in [6.07, 6.45) is 3.67. The number of halogens is 1. The maximum absolute atomic E-state index is 10.6. The number of rotatable bonds is 2. The van der Waals surface area contributed by atoms with Crippen molar-refractivity contribution >= 4 is 16.8 Å². The standard InChI is InChI=1S/C7H7ClO2/c1-2-5-3-10-4-6(5)7(8)9/h3-4H,2H2,1H3. The van der Waals surface area contributed by atoms with Crippen molar-refractivity contribution < 1.29 is 9.21 Å². The van der Waals surface area contributed by atoms with Crippen LogP contribution in [0.3, 0.4) is 0 Å². The van der Waals surface area contributed by atoms with Gasteiger partial charge in [-0.1, -0.05) is 6.92 Å². The van der Waals surface area contributed by atoms with E-state index in [1.54, 1.807) is 0 Å². The fraction of sp³-hybridized carbons (Fsp3) is 0.286. The van der Waals surface area contributed by atoms with Gasteiger partial charge in [0.25, 0.3) is 5.24 Å². The molecule has 2 nitrogen and oxygen atoms in total. The van der Waals surface area contributed by atoms with Gasteiger partial charge in [-0.2, -0.15) is 0 Å². The predicted molar refractivity (Wildman–Crippen MR) is 38.3 cm³/mol. The Morgan fingerprint density at radius 1 is 1.70 bits per heavy atom. The van der Waals surface area contributed by atoms with Crippen molar-refractivity contribution in [2.24, 2.45) is 0 Å². The van der Waals surface area contributed by atoms with Crippen LogP contribution in [-0.4, -0.2) is 5.24 Å². The van der Waals surface area contributed by atoms with Gasteiger partial charge in [0, 0.05) is 5.56 Å². The summed E-state index contributed by atoms with van der Waals surface area (Å²) < 4.78 is 4.79. The number of hydrogen-bond donors (Lipinski definition) is 0. The lowest BCUT2D eigenvalue weighted by molar-refractivity contribution is 0.108. The Hall–Kier alpha value is -0.760. The Balaban J connectivity index is 3.01. The average molecular weight is 159 g/mol. The van der Waals surface area contributed by atoms with Crippen LogP contribution in [0.25, 0.3) is 0 Å². The highest BCUT2D eigenvalue weighted by Crippen LogP contribution is 2.12. The van der Waals surface area contributed by atoms with Crippen LogP contribution in [0.2, 0.25) is 0 Å². The Morgan fingerprint density at radius 3 is 2.80 bits per heavy atom. The monoisotopic (exact) mass is 158 g/mol. The number of carbonyl (C=O) groups is 1. The van der Waals surface area contributed by atoms with E-state index in [1.165, 1.54) is 12.5 Å². The third kappa shape index (κ3) is 1.21. The van der Waals surface area contributed by atoms with Crippen LogP contribution >= 0.6 is 11.6 Å². The molecular weight excluding hydrogens is 152 g/mol. The number of carbonyl (C=O) groups excluding carboxylic acids is 1. The van der Waals surface area contributed by atoms with Crippen LogP contribution in [0.5, 0.6) is 0 Å². The van der Waals surface area contributed by atoms with Crippen LogP contribution < -0.4 is 0 Å². The smallest absolute Gasteiger partial charge is 0.255 e. The first-order valence-corrected chi connectivity index (χ1v) is 3.38. The Bertz CT molecular complexity index is 240. The summed E-state index contributed by atoms with van der Waals surface area (Å²) >= 11 is 5.23. The Kier molecular flexibility index (Phi) is 2.12. The lowest BCUT2D eigenvalue weighted by Crippen LogP contribution is -1.90. The molecule has 0 radical (unpaired) electrons. The molecule has 0 fully saturated rings. The van der Waals surface area contributed by atoms with E-state index in [9.17, 15) is 4.79 Å². The SMILES string of the molecule is CCc1cocc1C(=O)Cl. The van der Waals surface area contributed by atoms with Gasteiger partial charge in [-0.3, -0.25) is 4.79 Å². The normalized spacial score (nSPS) is 9.80. The van der Waals surface area contributed by atoms with E-state index in [0.29, 0.717) is 5.56 Å². The fourth-order valence-electron chi connectivity index (χ4n) is 0.770. The minimum Gasteiger partial charge on any atom is -0.472 e. The zero-order chi connectivity index (χ0) is 7.56. The zero-order valence-corrected chi connectivity index (χ0v) is 6.31. The van der Waals surface area contributed by atoms with Gasteiger partial charge in [0.15, 0.2) is 0 Å². The second-order valence-electron chi connectivity index (χ2n) is 1.94. The van der Waals surface area contributed by atoms with Gasteiger partial charge in [-0.05, 0) is 18.0 Å². The zero-order valence-electron chi connectivity index (χ0n) is 5.56. The third-order valence-corrected chi connectivity index (χ3v) is 1.54. The summed E-state index contributed by atoms with van der Waals surface area (Å²) in [7, 11) is 0. The summed E-state index contributed by atoms with van der Waals surface area (Å²) in [6, 6.07) is 0. The minimum absolute atomic E-state index is 0.453. The van der Waals surface area contributed by atoms with E-state index in [2.05, 4.69) is 0 Å². The quantitative estimate of drug-likeness (QED) is 0.618. The summed E-state index contributed by atoms with van der Waals surface area (Å²) in [4.78, 5) is 10.6. The first-order chi connectivity index (χ1) is 4.75. The van der Waals surface area contributed by atoms with Gasteiger partial charge in [0.1, 0.15) is 6.26 Å². The molecule has 0 saturated carbocycles. The van der Waals surface area contributed by atoms with Gasteiger partial charge >= 0.3 is 0 Å². The molecule has 0 atom stereocenters. The second kappa shape index (κ2) is 2.88. The van der Waals surface area contributed by atoms with Crippen LogP contribution in [0, 0.1) is 0 Å². The topological polar surface area (TPSA) is 30.2 Å². The molecule has 0 N–H and O–H groups in total. The van der Waals surface area contributed by atoms with Crippen LogP contribution in [0.1, 0.15) is 22.8 Å². The molecule has 0 aromatic carbocycles. The van der Waals surface area contributed by atoms with Crippen molar-refractivity contribution in [3.63, 3.8) is 0 Å². The highest BCUT2D eigenvalue weighted by Gasteiger charge is 2.08. The van der Waals surface area contributed by atoms with Crippen LogP contribution in [-0.2, 0) is 6.42 Å². The van der Waals surface area contributed by atoms with Gasteiger partial charge in [-0.15, -0.1) is 0 Å². The molecule has 0 aliphatic rings. The van der Waals surface area contributed by atoms with Crippen molar-refractivity contribution in [1.29, 1.82) is 0 Å². The van der Waals surface area contributed by atoms with E-state index in [0.717, 1.165) is 12.0 Å². The Labute approximate surface area is 63.8 Å². The van der Waals surface area contributed by atoms with E-state index < -0.39 is 5.24 Å². The maximum atomic E-state index is 10.6. The number of furan rings is 1. The lowest BCUT2D eigenvalue weighted by Gasteiger charge is -1.88. The molecule has 0 spiro atoms. The fourth-order valence-corrected chi connectivity index (χ4v) is 0.936. The van der Waals surface area contributed by atoms with Gasteiger partial charge in [0.05, 0.1) is 11.8 Å². The van der Waals surface area contributed by atoms with Crippen LogP contribution in [0.15, 0.2) is 16.9 Å². The molecule has 0 aliphatic carbocycles. The molecule has 1 rings (SSSR count). The minimum atomic E-state index is -0.453. The van der Waals surface area contributed by atoms with E-state index in [-0.39, 0.29) is 0 Å². The van der Waals surface area contributed by atoms with Crippen molar-refractivity contribution in [3.05, 3.63) is 23.7 Å². The van der Waals surface area contributed by atoms with Crippen molar-refractivity contribution in [1.82, 2.24) is 0 Å². The lowest BCUT2D eigenvalue weighted by atomic mass is 10.2. The molecule has 1 aromatic rings. The third-order valence-electron chi connectivity index (χ3n) is 1.33. The predicted octanol–water partition coefficient (Wildman–Crippen LogP) is 2.22. The first kappa shape index (κ1) is 7.35. The van der Waals surface area contributed by atoms with Gasteiger partial charge < -0.3 is 4.42 Å². The number of aryl methyl sites for hydroxylation is 1. The van der Waals surface area contributed by atoms with Crippen molar-refractivity contribution in [2.45, 2.75) is 13.3 Å². The van der Waals surface area contributed by atoms with Crippen LogP contribution in [0.4, 0.5) is 0 Å². The highest BCUT2D eigenvalue weighted by atomic mass is 35.5. The Morgan fingerprint density at radius 2 is 2.40 bits per heavy atom. The molecule has 1 aromatic heterocycles. The van der Waals surface area contributed by atoms with Crippen molar-refractivity contribution in [3.8, 4) is 0 Å². The molecule has 10 heavy (non-hydrogen) atoms. The molecular formula is C7H7ClO2. The average Bonchev–Trinajstić information content (AvgIpc) is 2.33. The first-order valence-electron chi connectivity index (χ1n) is 3.00. The van der Waals surface area contributed by atoms with Crippen molar-refractivity contribution in [2.75, 3.05) is 0 Å². The molecule has 0 amide bonds.